The molecule has 0 aliphatic carbocycles. The molecule has 2 amide bonds. The second kappa shape index (κ2) is 8.70. The molecule has 5 heteroatoms. The van der Waals surface area contributed by atoms with Crippen molar-refractivity contribution in [1.82, 2.24) is 5.48 Å². The lowest BCUT2D eigenvalue weighted by Crippen LogP contribution is -2.24. The van der Waals surface area contributed by atoms with Crippen molar-refractivity contribution in [3.05, 3.63) is 77.7 Å². The minimum atomic E-state index is -0.522. The van der Waals surface area contributed by atoms with Gasteiger partial charge in [0, 0.05) is 12.0 Å². The Labute approximate surface area is 135 Å². The molecule has 0 atom stereocenters. The summed E-state index contributed by atoms with van der Waals surface area (Å²) in [4.78, 5) is 28.1. The second-order valence-electron chi connectivity index (χ2n) is 5.02. The number of rotatable bonds is 8. The summed E-state index contributed by atoms with van der Waals surface area (Å²) in [5.41, 5.74) is 9.81. The smallest absolute Gasteiger partial charge is 0.249 e. The lowest BCUT2D eigenvalue weighted by Gasteiger charge is -2.08. The van der Waals surface area contributed by atoms with Crippen LogP contribution >= 0.6 is 0 Å². The van der Waals surface area contributed by atoms with Crippen LogP contribution in [0.2, 0.25) is 0 Å². The fourth-order valence-electron chi connectivity index (χ4n) is 2.11. The summed E-state index contributed by atoms with van der Waals surface area (Å²) < 4.78 is 0. The van der Waals surface area contributed by atoms with Gasteiger partial charge in [-0.05, 0) is 30.0 Å². The van der Waals surface area contributed by atoms with E-state index < -0.39 is 5.91 Å². The van der Waals surface area contributed by atoms with Crippen molar-refractivity contribution in [2.45, 2.75) is 19.4 Å². The van der Waals surface area contributed by atoms with Gasteiger partial charge in [-0.2, -0.15) is 0 Å². The van der Waals surface area contributed by atoms with Crippen LogP contribution in [-0.4, -0.2) is 11.8 Å². The van der Waals surface area contributed by atoms with Crippen molar-refractivity contribution >= 4 is 11.8 Å². The van der Waals surface area contributed by atoms with Crippen molar-refractivity contribution in [1.29, 1.82) is 0 Å². The molecule has 23 heavy (non-hydrogen) atoms. The average molecular weight is 311 g/mol. The molecule has 0 aliphatic rings. The van der Waals surface area contributed by atoms with Gasteiger partial charge in [0.25, 0.3) is 0 Å². The number of hydrogen-bond acceptors (Lipinski definition) is 3. The molecule has 0 fully saturated rings. The van der Waals surface area contributed by atoms with E-state index in [0.717, 1.165) is 12.0 Å². The van der Waals surface area contributed by atoms with E-state index in [1.807, 2.05) is 36.8 Å². The Bertz CT molecular complexity index is 656. The Morgan fingerprint density at radius 2 is 1.74 bits per heavy atom. The van der Waals surface area contributed by atoms with Crippen LogP contribution < -0.4 is 11.2 Å². The Balaban J connectivity index is 1.70. The lowest BCUT2D eigenvalue weighted by molar-refractivity contribution is -0.133. The third-order valence-electron chi connectivity index (χ3n) is 3.25. The number of primary amides is 1. The van der Waals surface area contributed by atoms with E-state index in [9.17, 15) is 9.59 Å². The maximum atomic E-state index is 11.7. The Hall–Kier alpha value is -2.66. The number of nitrogens with one attached hydrogen (secondary N) is 1. The summed E-state index contributed by atoms with van der Waals surface area (Å²) in [6.45, 7) is 0.0868. The van der Waals surface area contributed by atoms with E-state index in [1.165, 1.54) is 0 Å². The maximum Gasteiger partial charge on any atom is 0.249 e. The van der Waals surface area contributed by atoms with Crippen LogP contribution in [0.15, 0.2) is 54.6 Å². The highest BCUT2D eigenvalue weighted by atomic mass is 16.6. The number of carbonyl (C=O) groups is 2. The van der Waals surface area contributed by atoms with Crippen molar-refractivity contribution in [3.8, 4) is 0 Å². The predicted molar refractivity (Wildman–Crippen MR) is 87.0 cm³/mol. The first kappa shape index (κ1) is 16.7. The lowest BCUT2D eigenvalue weighted by atomic mass is 10.1. The molecule has 2 rings (SSSR count). The summed E-state index contributed by atoms with van der Waals surface area (Å²) in [5.74, 6) is -0.760. The monoisotopic (exact) mass is 311 g/mol. The van der Waals surface area contributed by atoms with Gasteiger partial charge in [-0.1, -0.05) is 48.5 Å². The number of benzene rings is 2. The number of nitrogens with two attached hydrogens (primary N) is 1. The van der Waals surface area contributed by atoms with E-state index >= 15 is 0 Å². The highest BCUT2D eigenvalue weighted by Crippen LogP contribution is 2.09. The van der Waals surface area contributed by atoms with Gasteiger partial charge in [0.05, 0.1) is 0 Å². The van der Waals surface area contributed by atoms with E-state index in [0.29, 0.717) is 11.1 Å². The zero-order valence-corrected chi connectivity index (χ0v) is 12.7. The first-order valence-corrected chi connectivity index (χ1v) is 7.30. The van der Waals surface area contributed by atoms with Crippen LogP contribution in [0, 0.1) is 6.42 Å². The molecule has 5 nitrogen and oxygen atoms in total. The van der Waals surface area contributed by atoms with Crippen molar-refractivity contribution in [2.75, 3.05) is 0 Å². The topological polar surface area (TPSA) is 81.4 Å². The normalized spacial score (nSPS) is 10.3. The van der Waals surface area contributed by atoms with Crippen LogP contribution in [0.25, 0.3) is 0 Å². The molecule has 0 heterocycles. The standard InChI is InChI=1S/C18H19N2O3/c19-18(22)16-11-5-4-10-15(16)13-23-20-17(21)12-6-9-14-7-2-1-3-8-14/h1-8,10-11H,9,12-13H2,(H2,19,22)(H,20,21). The molecule has 0 aliphatic heterocycles. The molecule has 3 N–H and O–H groups in total. The van der Waals surface area contributed by atoms with Gasteiger partial charge in [-0.25, -0.2) is 5.48 Å². The molecule has 0 bridgehead atoms. The van der Waals surface area contributed by atoms with Gasteiger partial charge in [-0.15, -0.1) is 0 Å². The molecule has 0 spiro atoms. The highest BCUT2D eigenvalue weighted by molar-refractivity contribution is 5.94. The van der Waals surface area contributed by atoms with Gasteiger partial charge in [-0.3, -0.25) is 14.4 Å². The van der Waals surface area contributed by atoms with E-state index in [1.54, 1.807) is 24.3 Å². The molecule has 2 aromatic rings. The molecule has 119 valence electrons. The SMILES string of the molecule is NC(=O)c1ccccc1CONC(=O)C[CH]Cc1ccccc1. The van der Waals surface area contributed by atoms with Crippen LogP contribution in [0.4, 0.5) is 0 Å². The predicted octanol–water partition coefficient (Wildman–Crippen LogP) is 2.17. The third kappa shape index (κ3) is 5.56. The zero-order chi connectivity index (χ0) is 16.5. The van der Waals surface area contributed by atoms with Crippen molar-refractivity contribution in [3.63, 3.8) is 0 Å². The fourth-order valence-corrected chi connectivity index (χ4v) is 2.11. The quantitative estimate of drug-likeness (QED) is 0.733. The third-order valence-corrected chi connectivity index (χ3v) is 3.25. The van der Waals surface area contributed by atoms with Crippen LogP contribution in [0.5, 0.6) is 0 Å². The molecular formula is C18H19N2O3. The van der Waals surface area contributed by atoms with Crippen LogP contribution in [0.3, 0.4) is 0 Å². The molecule has 2 aromatic carbocycles. The van der Waals surface area contributed by atoms with Crippen LogP contribution in [-0.2, 0) is 22.7 Å². The summed E-state index contributed by atoms with van der Waals surface area (Å²) in [7, 11) is 0. The maximum absolute atomic E-state index is 11.7. The number of hydrogen-bond donors (Lipinski definition) is 2. The molecule has 0 unspecified atom stereocenters. The molecule has 0 saturated carbocycles. The second-order valence-corrected chi connectivity index (χ2v) is 5.02. The van der Waals surface area contributed by atoms with Gasteiger partial charge in [0.15, 0.2) is 0 Å². The number of carbonyl (C=O) groups excluding carboxylic acids is 2. The molecule has 0 aromatic heterocycles. The summed E-state index contributed by atoms with van der Waals surface area (Å²) in [6.07, 6.45) is 2.86. The van der Waals surface area contributed by atoms with Gasteiger partial charge < -0.3 is 5.73 Å². The summed E-state index contributed by atoms with van der Waals surface area (Å²) in [6, 6.07) is 16.7. The minimum absolute atomic E-state index is 0.0868. The molecule has 1 radical (unpaired) electrons. The van der Waals surface area contributed by atoms with Gasteiger partial charge >= 0.3 is 0 Å². The van der Waals surface area contributed by atoms with E-state index in [-0.39, 0.29) is 18.9 Å². The summed E-state index contributed by atoms with van der Waals surface area (Å²) >= 11 is 0. The first-order chi connectivity index (χ1) is 11.2. The van der Waals surface area contributed by atoms with E-state index in [2.05, 4.69) is 5.48 Å². The Kier molecular flexibility index (Phi) is 6.32. The first-order valence-electron chi connectivity index (χ1n) is 7.30. The Morgan fingerprint density at radius 1 is 1.04 bits per heavy atom. The average Bonchev–Trinajstić information content (AvgIpc) is 2.56. The van der Waals surface area contributed by atoms with Crippen molar-refractivity contribution in [2.24, 2.45) is 5.73 Å². The minimum Gasteiger partial charge on any atom is -0.366 e. The van der Waals surface area contributed by atoms with Crippen molar-refractivity contribution < 1.29 is 14.4 Å². The highest BCUT2D eigenvalue weighted by Gasteiger charge is 2.08. The fraction of sp³-hybridized carbons (Fsp3) is 0.167. The number of amides is 2. The Morgan fingerprint density at radius 3 is 2.48 bits per heavy atom. The molecular weight excluding hydrogens is 292 g/mol. The molecule has 0 saturated heterocycles. The van der Waals surface area contributed by atoms with Gasteiger partial charge in [0.2, 0.25) is 11.8 Å². The summed E-state index contributed by atoms with van der Waals surface area (Å²) in [5, 5.41) is 0. The number of hydroxylamine groups is 1. The largest absolute Gasteiger partial charge is 0.366 e. The van der Waals surface area contributed by atoms with Gasteiger partial charge in [0.1, 0.15) is 6.61 Å². The zero-order valence-electron chi connectivity index (χ0n) is 12.7. The van der Waals surface area contributed by atoms with Crippen LogP contribution in [0.1, 0.15) is 27.9 Å². The van der Waals surface area contributed by atoms with E-state index in [4.69, 9.17) is 10.6 Å².